The first-order valence-electron chi connectivity index (χ1n) is 12.1. The molecular formula is C29H35N3O2. The number of imide groups is 1. The molecule has 2 N–H and O–H groups in total. The fourth-order valence-electron chi connectivity index (χ4n) is 4.20. The maximum Gasteiger partial charge on any atom is 0.322 e. The Bertz CT molecular complexity index is 1140. The molecule has 2 aliphatic heterocycles. The molecule has 0 spiro atoms. The third-order valence-electron chi connectivity index (χ3n) is 6.04. The highest BCUT2D eigenvalue weighted by Crippen LogP contribution is 2.34. The molecule has 5 heteroatoms. The maximum absolute atomic E-state index is 11.8. The van der Waals surface area contributed by atoms with Crippen molar-refractivity contribution in [1.82, 2.24) is 15.5 Å². The minimum absolute atomic E-state index is 0.244. The van der Waals surface area contributed by atoms with Crippen LogP contribution in [0.25, 0.3) is 5.70 Å². The van der Waals surface area contributed by atoms with Crippen molar-refractivity contribution >= 4 is 17.6 Å². The molecule has 0 aromatic heterocycles. The number of allylic oxidation sites excluding steroid dienone is 1. The van der Waals surface area contributed by atoms with Gasteiger partial charge in [-0.15, -0.1) is 5.92 Å². The van der Waals surface area contributed by atoms with Gasteiger partial charge < -0.3 is 10.2 Å². The fourth-order valence-corrected chi connectivity index (χ4v) is 4.20. The van der Waals surface area contributed by atoms with E-state index in [4.69, 9.17) is 0 Å². The van der Waals surface area contributed by atoms with Gasteiger partial charge in [-0.1, -0.05) is 64.0 Å². The first-order valence-corrected chi connectivity index (χ1v) is 12.1. The summed E-state index contributed by atoms with van der Waals surface area (Å²) in [4.78, 5) is 25.2. The average Bonchev–Trinajstić information content (AvgIpc) is 3.32. The topological polar surface area (TPSA) is 61.4 Å². The lowest BCUT2D eigenvalue weighted by Crippen LogP contribution is -2.39. The molecule has 1 unspecified atom stereocenters. The van der Waals surface area contributed by atoms with Gasteiger partial charge in [-0.25, -0.2) is 4.79 Å². The van der Waals surface area contributed by atoms with Gasteiger partial charge >= 0.3 is 6.03 Å². The van der Waals surface area contributed by atoms with Crippen LogP contribution in [-0.2, 0) is 17.8 Å². The molecule has 3 amide bonds. The summed E-state index contributed by atoms with van der Waals surface area (Å²) >= 11 is 0. The van der Waals surface area contributed by atoms with E-state index in [-0.39, 0.29) is 5.91 Å². The quantitative estimate of drug-likeness (QED) is 0.479. The molecule has 0 saturated carbocycles. The second-order valence-electron chi connectivity index (χ2n) is 8.89. The van der Waals surface area contributed by atoms with Gasteiger partial charge in [0.05, 0.1) is 0 Å². The standard InChI is InChI=1S/C17H21N3O2.C12H14/c1-3-5-15-13-8-11(4-2)6-7-12(13)9-20(15)10-14-16(21)19-17(22)18-14;1-4-6-11-7-5-8-12(9-11)10(2)3/h5-8,14H,3-4,9-10H2,1-2H3,(H2,18,19,21,22);5,7-10H,1-3H3/b15-5-;. The van der Waals surface area contributed by atoms with E-state index in [1.165, 1.54) is 28.0 Å². The molecule has 1 fully saturated rings. The summed E-state index contributed by atoms with van der Waals surface area (Å²) in [6.45, 7) is 11.8. The fraction of sp³-hybridized carbons (Fsp3) is 0.379. The molecule has 178 valence electrons. The van der Waals surface area contributed by atoms with Gasteiger partial charge in [0.1, 0.15) is 6.04 Å². The van der Waals surface area contributed by atoms with Crippen molar-refractivity contribution in [3.63, 3.8) is 0 Å². The smallest absolute Gasteiger partial charge is 0.322 e. The summed E-state index contributed by atoms with van der Waals surface area (Å²) in [5, 5.41) is 4.97. The van der Waals surface area contributed by atoms with E-state index in [1.54, 1.807) is 0 Å². The first-order chi connectivity index (χ1) is 16.4. The molecule has 0 aliphatic carbocycles. The van der Waals surface area contributed by atoms with Crippen molar-refractivity contribution in [3.05, 3.63) is 76.4 Å². The zero-order valence-electron chi connectivity index (χ0n) is 20.9. The number of nitrogens with one attached hydrogen (secondary N) is 2. The number of carbonyl (C=O) groups is 2. The van der Waals surface area contributed by atoms with E-state index < -0.39 is 12.1 Å². The number of amides is 3. The molecule has 5 nitrogen and oxygen atoms in total. The predicted octanol–water partition coefficient (Wildman–Crippen LogP) is 5.20. The molecule has 4 rings (SSSR count). The molecule has 2 aromatic rings. The monoisotopic (exact) mass is 457 g/mol. The highest BCUT2D eigenvalue weighted by atomic mass is 16.2. The summed E-state index contributed by atoms with van der Waals surface area (Å²) in [5.41, 5.74) is 7.49. The largest absolute Gasteiger partial charge is 0.364 e. The Kier molecular flexibility index (Phi) is 8.54. The Hall–Kier alpha value is -3.52. The van der Waals surface area contributed by atoms with E-state index in [0.717, 1.165) is 24.9 Å². The zero-order chi connectivity index (χ0) is 24.7. The Morgan fingerprint density at radius 3 is 2.56 bits per heavy atom. The lowest BCUT2D eigenvalue weighted by atomic mass is 10.0. The first kappa shape index (κ1) is 25.1. The molecule has 1 saturated heterocycles. The van der Waals surface area contributed by atoms with Crippen molar-refractivity contribution in [1.29, 1.82) is 0 Å². The van der Waals surface area contributed by atoms with Crippen LogP contribution in [0.4, 0.5) is 4.79 Å². The average molecular weight is 458 g/mol. The summed E-state index contributed by atoms with van der Waals surface area (Å²) in [7, 11) is 0. The third-order valence-corrected chi connectivity index (χ3v) is 6.04. The molecular weight excluding hydrogens is 422 g/mol. The van der Waals surface area contributed by atoms with Crippen LogP contribution in [0.3, 0.4) is 0 Å². The minimum Gasteiger partial charge on any atom is -0.364 e. The van der Waals surface area contributed by atoms with Gasteiger partial charge in [0.2, 0.25) is 0 Å². The van der Waals surface area contributed by atoms with Crippen molar-refractivity contribution in [2.24, 2.45) is 0 Å². The molecule has 34 heavy (non-hydrogen) atoms. The van der Waals surface area contributed by atoms with Crippen LogP contribution in [0.2, 0.25) is 0 Å². The van der Waals surface area contributed by atoms with Crippen LogP contribution >= 0.6 is 0 Å². The minimum atomic E-state index is -0.479. The van der Waals surface area contributed by atoms with Crippen LogP contribution in [0, 0.1) is 11.8 Å². The van der Waals surface area contributed by atoms with Gasteiger partial charge in [0, 0.05) is 29.9 Å². The lowest BCUT2D eigenvalue weighted by Gasteiger charge is -2.22. The Morgan fingerprint density at radius 1 is 1.15 bits per heavy atom. The van der Waals surface area contributed by atoms with E-state index in [2.05, 4.69) is 97.5 Å². The zero-order valence-corrected chi connectivity index (χ0v) is 20.9. The van der Waals surface area contributed by atoms with Crippen LogP contribution in [0.1, 0.15) is 74.8 Å². The Balaban J connectivity index is 0.000000229. The van der Waals surface area contributed by atoms with Crippen LogP contribution in [0.15, 0.2) is 48.5 Å². The van der Waals surface area contributed by atoms with Crippen LogP contribution in [0.5, 0.6) is 0 Å². The maximum atomic E-state index is 11.8. The van der Waals surface area contributed by atoms with Gasteiger partial charge in [0.25, 0.3) is 5.91 Å². The SMILES string of the molecule is CC#Cc1cccc(C(C)C)c1.CC/C=C1/c2cc(CC)ccc2CN1CC1NC(=O)NC1=O. The van der Waals surface area contributed by atoms with Gasteiger partial charge in [-0.2, -0.15) is 0 Å². The van der Waals surface area contributed by atoms with E-state index in [9.17, 15) is 9.59 Å². The number of nitrogens with zero attached hydrogens (tertiary/aromatic N) is 1. The Labute approximate surface area is 203 Å². The molecule has 0 radical (unpaired) electrons. The van der Waals surface area contributed by atoms with E-state index in [1.807, 2.05) is 13.0 Å². The molecule has 2 heterocycles. The molecule has 2 aromatic carbocycles. The number of urea groups is 1. The van der Waals surface area contributed by atoms with Crippen LogP contribution < -0.4 is 10.6 Å². The molecule has 0 bridgehead atoms. The number of benzene rings is 2. The summed E-state index contributed by atoms with van der Waals surface area (Å²) < 4.78 is 0. The molecule has 2 aliphatic rings. The van der Waals surface area contributed by atoms with Crippen molar-refractivity contribution in [2.75, 3.05) is 6.54 Å². The van der Waals surface area contributed by atoms with Crippen molar-refractivity contribution < 1.29 is 9.59 Å². The van der Waals surface area contributed by atoms with Crippen LogP contribution in [-0.4, -0.2) is 29.4 Å². The number of hydrogen-bond donors (Lipinski definition) is 2. The van der Waals surface area contributed by atoms with Crippen molar-refractivity contribution in [3.8, 4) is 11.8 Å². The van der Waals surface area contributed by atoms with E-state index >= 15 is 0 Å². The van der Waals surface area contributed by atoms with Crippen molar-refractivity contribution in [2.45, 2.75) is 66.0 Å². The van der Waals surface area contributed by atoms with Gasteiger partial charge in [0.15, 0.2) is 0 Å². The number of carbonyl (C=O) groups excluding carboxylic acids is 2. The second-order valence-corrected chi connectivity index (χ2v) is 8.89. The van der Waals surface area contributed by atoms with Gasteiger partial charge in [-0.05, 0) is 60.6 Å². The highest BCUT2D eigenvalue weighted by Gasteiger charge is 2.34. The predicted molar refractivity (Wildman–Crippen MR) is 138 cm³/mol. The normalized spacial score (nSPS) is 17.5. The second kappa shape index (κ2) is 11.6. The lowest BCUT2D eigenvalue weighted by molar-refractivity contribution is -0.120. The van der Waals surface area contributed by atoms with Gasteiger partial charge in [-0.3, -0.25) is 10.1 Å². The number of fused-ring (bicyclic) bond motifs is 1. The summed E-state index contributed by atoms with van der Waals surface area (Å²) in [5.74, 6) is 6.30. The highest BCUT2D eigenvalue weighted by molar-refractivity contribution is 6.04. The molecule has 1 atom stereocenters. The third kappa shape index (κ3) is 6.08. The Morgan fingerprint density at radius 2 is 1.94 bits per heavy atom. The number of rotatable bonds is 5. The number of aryl methyl sites for hydroxylation is 1. The number of hydrogen-bond acceptors (Lipinski definition) is 3. The summed E-state index contributed by atoms with van der Waals surface area (Å²) in [6, 6.07) is 14.1. The summed E-state index contributed by atoms with van der Waals surface area (Å²) in [6.07, 6.45) is 4.14. The van der Waals surface area contributed by atoms with E-state index in [0.29, 0.717) is 12.5 Å².